The second-order valence-corrected chi connectivity index (χ2v) is 6.70. The summed E-state index contributed by atoms with van der Waals surface area (Å²) in [6, 6.07) is 18.2. The van der Waals surface area contributed by atoms with Crippen LogP contribution >= 0.6 is 0 Å². The van der Waals surface area contributed by atoms with Crippen molar-refractivity contribution in [3.8, 4) is 0 Å². The fraction of sp³-hybridized carbons (Fsp3) is 0.0870. The highest BCUT2D eigenvalue weighted by molar-refractivity contribution is 6.04. The number of nitrogens with one attached hydrogen (secondary N) is 1. The predicted molar refractivity (Wildman–Crippen MR) is 113 cm³/mol. The molecule has 8 nitrogen and oxygen atoms in total. The molecule has 0 fully saturated rings. The lowest BCUT2D eigenvalue weighted by molar-refractivity contribution is -0.384. The molecule has 0 saturated carbocycles. The van der Waals surface area contributed by atoms with Gasteiger partial charge in [-0.2, -0.15) is 0 Å². The molecule has 3 rings (SSSR count). The molecule has 1 N–H and O–H groups in total. The Bertz CT molecular complexity index is 1120. The third-order valence-corrected chi connectivity index (χ3v) is 4.43. The number of ether oxygens (including phenoxy) is 1. The lowest BCUT2D eigenvalue weighted by Crippen LogP contribution is -2.15. The van der Waals surface area contributed by atoms with Gasteiger partial charge in [-0.1, -0.05) is 17.7 Å². The van der Waals surface area contributed by atoms with E-state index in [2.05, 4.69) is 5.32 Å². The van der Waals surface area contributed by atoms with E-state index in [1.807, 2.05) is 19.1 Å². The van der Waals surface area contributed by atoms with Gasteiger partial charge in [0.25, 0.3) is 11.6 Å². The van der Waals surface area contributed by atoms with E-state index >= 15 is 0 Å². The first-order chi connectivity index (χ1) is 14.8. The van der Waals surface area contributed by atoms with Crippen molar-refractivity contribution in [1.29, 1.82) is 0 Å². The van der Waals surface area contributed by atoms with Crippen molar-refractivity contribution in [3.63, 3.8) is 0 Å². The number of hydrogen-bond acceptors (Lipinski definition) is 6. The summed E-state index contributed by atoms with van der Waals surface area (Å²) < 4.78 is 5.01. The molecule has 0 atom stereocenters. The number of non-ortho nitro benzene ring substituents is 1. The normalized spacial score (nSPS) is 10.2. The SMILES string of the molecule is Cc1ccc(C(=O)Nc2ccc(C(=O)OCC(=O)c3ccc([N+](=O)[O-])cc3)cc2)cc1. The maximum absolute atomic E-state index is 12.2. The summed E-state index contributed by atoms with van der Waals surface area (Å²) in [6.45, 7) is 1.43. The molecule has 0 radical (unpaired) electrons. The van der Waals surface area contributed by atoms with Gasteiger partial charge in [0, 0.05) is 28.9 Å². The standard InChI is InChI=1S/C23H18N2O6/c1-15-2-4-17(5-3-15)22(27)24-19-10-6-18(7-11-19)23(28)31-14-21(26)16-8-12-20(13-9-16)25(29)30/h2-13H,14H2,1H3,(H,24,27). The van der Waals surface area contributed by atoms with E-state index in [4.69, 9.17) is 4.74 Å². The monoisotopic (exact) mass is 418 g/mol. The quantitative estimate of drug-likeness (QED) is 0.266. The van der Waals surface area contributed by atoms with E-state index < -0.39 is 23.3 Å². The van der Waals surface area contributed by atoms with Crippen molar-refractivity contribution >= 4 is 29.0 Å². The molecule has 0 spiro atoms. The van der Waals surface area contributed by atoms with Crippen molar-refractivity contribution in [2.75, 3.05) is 11.9 Å². The molecule has 3 aromatic carbocycles. The number of carbonyl (C=O) groups excluding carboxylic acids is 3. The van der Waals surface area contributed by atoms with E-state index in [1.54, 1.807) is 24.3 Å². The summed E-state index contributed by atoms with van der Waals surface area (Å²) >= 11 is 0. The molecule has 0 saturated heterocycles. The molecule has 0 aromatic heterocycles. The van der Waals surface area contributed by atoms with E-state index in [0.717, 1.165) is 5.56 Å². The Morgan fingerprint density at radius 1 is 0.839 bits per heavy atom. The number of amides is 1. The summed E-state index contributed by atoms with van der Waals surface area (Å²) in [6.07, 6.45) is 0. The van der Waals surface area contributed by atoms with Gasteiger partial charge in [-0.3, -0.25) is 19.7 Å². The van der Waals surface area contributed by atoms with Gasteiger partial charge in [0.15, 0.2) is 12.4 Å². The van der Waals surface area contributed by atoms with Crippen LogP contribution in [0.2, 0.25) is 0 Å². The second-order valence-electron chi connectivity index (χ2n) is 6.70. The number of esters is 1. The Kier molecular flexibility index (Phi) is 6.51. The Morgan fingerprint density at radius 2 is 1.39 bits per heavy atom. The van der Waals surface area contributed by atoms with Crippen LogP contribution in [0.25, 0.3) is 0 Å². The van der Waals surface area contributed by atoms with Gasteiger partial charge in [-0.05, 0) is 55.5 Å². The number of Topliss-reactive ketones (excluding diaryl/α,β-unsaturated/α-hetero) is 1. The first-order valence-corrected chi connectivity index (χ1v) is 9.26. The number of anilines is 1. The van der Waals surface area contributed by atoms with Crippen LogP contribution in [0.5, 0.6) is 0 Å². The van der Waals surface area contributed by atoms with Crippen LogP contribution in [0, 0.1) is 17.0 Å². The number of aryl methyl sites for hydroxylation is 1. The van der Waals surface area contributed by atoms with Crippen molar-refractivity contribution in [2.45, 2.75) is 6.92 Å². The van der Waals surface area contributed by atoms with Crippen molar-refractivity contribution in [1.82, 2.24) is 0 Å². The van der Waals surface area contributed by atoms with E-state index in [9.17, 15) is 24.5 Å². The zero-order valence-corrected chi connectivity index (χ0v) is 16.5. The highest BCUT2D eigenvalue weighted by Gasteiger charge is 2.14. The molecule has 0 unspecified atom stereocenters. The first kappa shape index (κ1) is 21.4. The number of nitrogens with zero attached hydrogens (tertiary/aromatic N) is 1. The first-order valence-electron chi connectivity index (χ1n) is 9.26. The van der Waals surface area contributed by atoms with Crippen LogP contribution in [0.4, 0.5) is 11.4 Å². The summed E-state index contributed by atoms with van der Waals surface area (Å²) in [5, 5.41) is 13.4. The van der Waals surface area contributed by atoms with Crippen LogP contribution in [0.15, 0.2) is 72.8 Å². The number of nitro benzene ring substituents is 1. The third kappa shape index (κ3) is 5.60. The second kappa shape index (κ2) is 9.45. The number of rotatable bonds is 7. The zero-order chi connectivity index (χ0) is 22.4. The Labute approximate surface area is 177 Å². The number of carbonyl (C=O) groups is 3. The number of benzene rings is 3. The van der Waals surface area contributed by atoms with Crippen LogP contribution in [-0.2, 0) is 4.74 Å². The number of ketones is 1. The smallest absolute Gasteiger partial charge is 0.338 e. The number of hydrogen-bond donors (Lipinski definition) is 1. The minimum absolute atomic E-state index is 0.136. The maximum Gasteiger partial charge on any atom is 0.338 e. The topological polar surface area (TPSA) is 116 Å². The molecule has 0 heterocycles. The van der Waals surface area contributed by atoms with Gasteiger partial charge >= 0.3 is 5.97 Å². The molecule has 31 heavy (non-hydrogen) atoms. The Morgan fingerprint density at radius 3 is 1.97 bits per heavy atom. The zero-order valence-electron chi connectivity index (χ0n) is 16.5. The van der Waals surface area contributed by atoms with Crippen LogP contribution in [0.3, 0.4) is 0 Å². The highest BCUT2D eigenvalue weighted by atomic mass is 16.6. The molecule has 0 bridgehead atoms. The van der Waals surface area contributed by atoms with Crippen LogP contribution in [-0.4, -0.2) is 29.2 Å². The van der Waals surface area contributed by atoms with Gasteiger partial charge in [0.05, 0.1) is 10.5 Å². The highest BCUT2D eigenvalue weighted by Crippen LogP contribution is 2.15. The Balaban J connectivity index is 1.55. The van der Waals surface area contributed by atoms with Crippen molar-refractivity contribution in [3.05, 3.63) is 105 Å². The fourth-order valence-electron chi connectivity index (χ4n) is 2.66. The summed E-state index contributed by atoms with van der Waals surface area (Å²) in [4.78, 5) is 46.6. The van der Waals surface area contributed by atoms with Crippen LogP contribution < -0.4 is 5.32 Å². The van der Waals surface area contributed by atoms with Gasteiger partial charge < -0.3 is 10.1 Å². The van der Waals surface area contributed by atoms with Gasteiger partial charge in [0.2, 0.25) is 0 Å². The van der Waals surface area contributed by atoms with Crippen molar-refractivity contribution < 1.29 is 24.0 Å². The largest absolute Gasteiger partial charge is 0.454 e. The molecule has 0 aliphatic heterocycles. The lowest BCUT2D eigenvalue weighted by Gasteiger charge is -2.07. The molecular formula is C23H18N2O6. The molecule has 156 valence electrons. The molecular weight excluding hydrogens is 400 g/mol. The molecule has 0 aliphatic rings. The fourth-order valence-corrected chi connectivity index (χ4v) is 2.66. The van der Waals surface area contributed by atoms with E-state index in [-0.39, 0.29) is 22.7 Å². The molecule has 1 amide bonds. The maximum atomic E-state index is 12.2. The minimum Gasteiger partial charge on any atom is -0.454 e. The predicted octanol–water partition coefficient (Wildman–Crippen LogP) is 4.20. The third-order valence-electron chi connectivity index (χ3n) is 4.43. The van der Waals surface area contributed by atoms with E-state index in [1.165, 1.54) is 36.4 Å². The van der Waals surface area contributed by atoms with Crippen LogP contribution in [0.1, 0.15) is 36.6 Å². The van der Waals surface area contributed by atoms with Gasteiger partial charge in [-0.15, -0.1) is 0 Å². The average Bonchev–Trinajstić information content (AvgIpc) is 2.78. The minimum atomic E-state index is -0.702. The van der Waals surface area contributed by atoms with Gasteiger partial charge in [-0.25, -0.2) is 4.79 Å². The van der Waals surface area contributed by atoms with Gasteiger partial charge in [0.1, 0.15) is 0 Å². The summed E-state index contributed by atoms with van der Waals surface area (Å²) in [7, 11) is 0. The molecule has 3 aromatic rings. The molecule has 0 aliphatic carbocycles. The van der Waals surface area contributed by atoms with E-state index in [0.29, 0.717) is 11.3 Å². The average molecular weight is 418 g/mol. The number of nitro groups is 1. The lowest BCUT2D eigenvalue weighted by atomic mass is 10.1. The summed E-state index contributed by atoms with van der Waals surface area (Å²) in [5.74, 6) is -1.46. The molecule has 8 heteroatoms. The van der Waals surface area contributed by atoms with Crippen molar-refractivity contribution in [2.24, 2.45) is 0 Å². The Hall–Kier alpha value is -4.33. The summed E-state index contributed by atoms with van der Waals surface area (Å²) in [5.41, 5.74) is 2.34.